The summed E-state index contributed by atoms with van der Waals surface area (Å²) >= 11 is 1.57. The zero-order valence-electron chi connectivity index (χ0n) is 17.6. The Morgan fingerprint density at radius 1 is 1.16 bits per heavy atom. The Hall–Kier alpha value is -2.96. The van der Waals surface area contributed by atoms with E-state index in [0.717, 1.165) is 33.9 Å². The summed E-state index contributed by atoms with van der Waals surface area (Å²) in [7, 11) is 0. The van der Waals surface area contributed by atoms with Gasteiger partial charge in [-0.2, -0.15) is 0 Å². The van der Waals surface area contributed by atoms with E-state index in [1.54, 1.807) is 34.8 Å². The van der Waals surface area contributed by atoms with E-state index >= 15 is 0 Å². The number of fused-ring (bicyclic) bond motifs is 1. The minimum absolute atomic E-state index is 0. The number of imidazole rings is 1. The van der Waals surface area contributed by atoms with Crippen LogP contribution in [0.15, 0.2) is 67.3 Å². The zero-order valence-corrected chi connectivity index (χ0v) is 19.2. The van der Waals surface area contributed by atoms with Crippen molar-refractivity contribution in [3.05, 3.63) is 84.0 Å². The molecule has 4 aromatic rings. The Morgan fingerprint density at radius 3 is 2.71 bits per heavy atom. The highest BCUT2D eigenvalue weighted by Crippen LogP contribution is 2.32. The summed E-state index contributed by atoms with van der Waals surface area (Å²) < 4.78 is 3.13. The lowest BCUT2D eigenvalue weighted by Gasteiger charge is -2.18. The number of hydrogen-bond donors (Lipinski definition) is 0. The van der Waals surface area contributed by atoms with Crippen LogP contribution in [0, 0.1) is 13.8 Å². The molecule has 0 fully saturated rings. The van der Waals surface area contributed by atoms with Gasteiger partial charge in [0.15, 0.2) is 5.13 Å². The number of nitrogens with zero attached hydrogens (tertiary/aromatic N) is 4. The second kappa shape index (κ2) is 10.4. The van der Waals surface area contributed by atoms with E-state index in [4.69, 9.17) is 4.98 Å². The van der Waals surface area contributed by atoms with E-state index in [9.17, 15) is 4.79 Å². The maximum atomic E-state index is 13.1. The highest BCUT2D eigenvalue weighted by atomic mass is 35.5. The van der Waals surface area contributed by atoms with Crippen molar-refractivity contribution < 1.29 is 4.79 Å². The van der Waals surface area contributed by atoms with Gasteiger partial charge in [-0.05, 0) is 49.1 Å². The van der Waals surface area contributed by atoms with Crippen molar-refractivity contribution in [2.75, 3.05) is 11.4 Å². The van der Waals surface area contributed by atoms with Gasteiger partial charge in [-0.15, -0.1) is 12.4 Å². The number of thiazole rings is 1. The summed E-state index contributed by atoms with van der Waals surface area (Å²) in [6.45, 7) is 5.56. The molecule has 2 aromatic carbocycles. The molecule has 0 aliphatic carbocycles. The van der Waals surface area contributed by atoms with Crippen molar-refractivity contribution >= 4 is 51.1 Å². The molecular formula is C24H25ClN4OS. The SMILES string of the molecule is Cc1ccc2sc(N(CCCn3ccnc3)C(=O)/C=C/c3ccccc3)nc2c1C.Cl. The number of anilines is 1. The second-order valence-corrected chi connectivity index (χ2v) is 8.25. The Bertz CT molecular complexity index is 1170. The third-order valence-electron chi connectivity index (χ3n) is 5.15. The number of aryl methyl sites for hydroxylation is 3. The van der Waals surface area contributed by atoms with E-state index in [1.807, 2.05) is 47.2 Å². The van der Waals surface area contributed by atoms with Crippen LogP contribution in [0.1, 0.15) is 23.1 Å². The molecule has 0 saturated carbocycles. The summed E-state index contributed by atoms with van der Waals surface area (Å²) in [5, 5.41) is 0.743. The number of benzene rings is 2. The first-order valence-corrected chi connectivity index (χ1v) is 10.8. The molecule has 2 aromatic heterocycles. The van der Waals surface area contributed by atoms with Crippen molar-refractivity contribution in [3.63, 3.8) is 0 Å². The molecule has 0 bridgehead atoms. The van der Waals surface area contributed by atoms with Crippen LogP contribution in [0.3, 0.4) is 0 Å². The fraction of sp³-hybridized carbons (Fsp3) is 0.208. The number of rotatable bonds is 7. The van der Waals surface area contributed by atoms with Gasteiger partial charge in [0.1, 0.15) is 0 Å². The molecule has 2 heterocycles. The Labute approximate surface area is 192 Å². The molecule has 0 aliphatic heterocycles. The van der Waals surface area contributed by atoms with Crippen LogP contribution in [0.4, 0.5) is 5.13 Å². The van der Waals surface area contributed by atoms with E-state index < -0.39 is 0 Å². The quantitative estimate of drug-likeness (QED) is 0.339. The second-order valence-electron chi connectivity index (χ2n) is 7.24. The van der Waals surface area contributed by atoms with Crippen LogP contribution >= 0.6 is 23.7 Å². The molecule has 0 aliphatic rings. The summed E-state index contributed by atoms with van der Waals surface area (Å²) in [5.74, 6) is -0.0575. The van der Waals surface area contributed by atoms with Gasteiger partial charge in [-0.1, -0.05) is 47.7 Å². The molecule has 4 rings (SSSR count). The fourth-order valence-corrected chi connectivity index (χ4v) is 4.34. The molecule has 0 saturated heterocycles. The van der Waals surface area contributed by atoms with Gasteiger partial charge < -0.3 is 4.57 Å². The molecule has 5 nitrogen and oxygen atoms in total. The van der Waals surface area contributed by atoms with Crippen LogP contribution in [-0.2, 0) is 11.3 Å². The number of aromatic nitrogens is 3. The molecular weight excluding hydrogens is 428 g/mol. The molecule has 0 unspecified atom stereocenters. The number of carbonyl (C=O) groups excluding carboxylic acids is 1. The lowest BCUT2D eigenvalue weighted by atomic mass is 10.1. The summed E-state index contributed by atoms with van der Waals surface area (Å²) in [5.41, 5.74) is 4.36. The summed E-state index contributed by atoms with van der Waals surface area (Å²) in [4.78, 5) is 23.8. The zero-order chi connectivity index (χ0) is 20.9. The number of carbonyl (C=O) groups is 1. The summed E-state index contributed by atoms with van der Waals surface area (Å²) in [6, 6.07) is 14.1. The highest BCUT2D eigenvalue weighted by Gasteiger charge is 2.18. The minimum Gasteiger partial charge on any atom is -0.337 e. The van der Waals surface area contributed by atoms with Crippen molar-refractivity contribution in [2.45, 2.75) is 26.8 Å². The normalized spacial score (nSPS) is 11.0. The van der Waals surface area contributed by atoms with Gasteiger partial charge in [0.05, 0.1) is 16.5 Å². The van der Waals surface area contributed by atoms with Gasteiger partial charge in [0.2, 0.25) is 0 Å². The van der Waals surface area contributed by atoms with Gasteiger partial charge in [-0.25, -0.2) is 9.97 Å². The van der Waals surface area contributed by atoms with E-state index in [2.05, 4.69) is 31.0 Å². The molecule has 7 heteroatoms. The lowest BCUT2D eigenvalue weighted by molar-refractivity contribution is -0.114. The highest BCUT2D eigenvalue weighted by molar-refractivity contribution is 7.22. The van der Waals surface area contributed by atoms with Gasteiger partial charge in [0, 0.05) is 31.6 Å². The molecule has 1 amide bonds. The maximum Gasteiger partial charge on any atom is 0.252 e. The molecule has 31 heavy (non-hydrogen) atoms. The maximum absolute atomic E-state index is 13.1. The predicted molar refractivity (Wildman–Crippen MR) is 131 cm³/mol. The van der Waals surface area contributed by atoms with E-state index in [0.29, 0.717) is 6.54 Å². The monoisotopic (exact) mass is 452 g/mol. The first-order valence-electron chi connectivity index (χ1n) is 9.99. The van der Waals surface area contributed by atoms with E-state index in [-0.39, 0.29) is 18.3 Å². The molecule has 160 valence electrons. The number of amides is 1. The average molecular weight is 453 g/mol. The first-order chi connectivity index (χ1) is 14.6. The molecule has 0 N–H and O–H groups in total. The van der Waals surface area contributed by atoms with Crippen molar-refractivity contribution in [3.8, 4) is 0 Å². The van der Waals surface area contributed by atoms with Crippen LogP contribution < -0.4 is 4.90 Å². The van der Waals surface area contributed by atoms with Crippen molar-refractivity contribution in [1.29, 1.82) is 0 Å². The Balaban J connectivity index is 0.00000272. The topological polar surface area (TPSA) is 51.0 Å². The molecule has 0 atom stereocenters. The molecule has 0 radical (unpaired) electrons. The third-order valence-corrected chi connectivity index (χ3v) is 6.19. The lowest BCUT2D eigenvalue weighted by Crippen LogP contribution is -2.30. The van der Waals surface area contributed by atoms with Crippen LogP contribution in [0.5, 0.6) is 0 Å². The van der Waals surface area contributed by atoms with Crippen LogP contribution in [-0.4, -0.2) is 27.0 Å². The Morgan fingerprint density at radius 2 is 1.97 bits per heavy atom. The van der Waals surface area contributed by atoms with Crippen molar-refractivity contribution in [1.82, 2.24) is 14.5 Å². The standard InChI is InChI=1S/C24H24N4OS.ClH/c1-18-9-11-21-23(19(18)2)26-24(30-21)28(15-6-14-27-16-13-25-17-27)22(29)12-10-20-7-4-3-5-8-20;/h3-5,7-13,16-17H,6,14-15H2,1-2H3;1H/b12-10+;. The van der Waals surface area contributed by atoms with Gasteiger partial charge >= 0.3 is 0 Å². The Kier molecular flexibility index (Phi) is 7.60. The van der Waals surface area contributed by atoms with Gasteiger partial charge in [-0.3, -0.25) is 9.69 Å². The summed E-state index contributed by atoms with van der Waals surface area (Å²) in [6.07, 6.45) is 9.81. The number of hydrogen-bond acceptors (Lipinski definition) is 4. The predicted octanol–water partition coefficient (Wildman–Crippen LogP) is 5.67. The minimum atomic E-state index is -0.0575. The third kappa shape index (κ3) is 5.40. The number of halogens is 1. The fourth-order valence-electron chi connectivity index (χ4n) is 3.28. The average Bonchev–Trinajstić information content (AvgIpc) is 3.43. The smallest absolute Gasteiger partial charge is 0.252 e. The first kappa shape index (κ1) is 22.7. The largest absolute Gasteiger partial charge is 0.337 e. The molecule has 0 spiro atoms. The van der Waals surface area contributed by atoms with Crippen molar-refractivity contribution in [2.24, 2.45) is 0 Å². The van der Waals surface area contributed by atoms with E-state index in [1.165, 1.54) is 11.1 Å². The van der Waals surface area contributed by atoms with Crippen LogP contribution in [0.2, 0.25) is 0 Å². The van der Waals surface area contributed by atoms with Gasteiger partial charge in [0.25, 0.3) is 5.91 Å². The van der Waals surface area contributed by atoms with Crippen LogP contribution in [0.25, 0.3) is 16.3 Å².